The second-order valence-electron chi connectivity index (χ2n) is 6.08. The van der Waals surface area contributed by atoms with Crippen molar-refractivity contribution in [3.63, 3.8) is 0 Å². The van der Waals surface area contributed by atoms with Gasteiger partial charge in [0.15, 0.2) is 0 Å². The SMILES string of the molecule is COc1cccc(NC(=O)CN(c2cccc(Br)c2)S(=O)(=O)c2ccccc2)c1. The zero-order valence-corrected chi connectivity index (χ0v) is 18.0. The van der Waals surface area contributed by atoms with Crippen molar-refractivity contribution in [1.82, 2.24) is 0 Å². The van der Waals surface area contributed by atoms with E-state index in [-0.39, 0.29) is 11.4 Å². The van der Waals surface area contributed by atoms with Gasteiger partial charge in [0.05, 0.1) is 17.7 Å². The molecular weight excluding hydrogens is 456 g/mol. The van der Waals surface area contributed by atoms with Crippen LogP contribution < -0.4 is 14.4 Å². The third-order valence-electron chi connectivity index (χ3n) is 4.07. The van der Waals surface area contributed by atoms with Gasteiger partial charge in [-0.1, -0.05) is 46.3 Å². The third-order valence-corrected chi connectivity index (χ3v) is 6.35. The van der Waals surface area contributed by atoms with Gasteiger partial charge in [0.25, 0.3) is 10.0 Å². The molecule has 0 spiro atoms. The highest BCUT2D eigenvalue weighted by atomic mass is 79.9. The molecular formula is C21H19BrN2O4S. The monoisotopic (exact) mass is 474 g/mol. The molecule has 0 fully saturated rings. The summed E-state index contributed by atoms with van der Waals surface area (Å²) in [4.78, 5) is 12.8. The fourth-order valence-corrected chi connectivity index (χ4v) is 4.52. The molecule has 0 heterocycles. The van der Waals surface area contributed by atoms with Gasteiger partial charge in [-0.15, -0.1) is 0 Å². The Labute approximate surface area is 178 Å². The normalized spacial score (nSPS) is 11.0. The van der Waals surface area contributed by atoms with Crippen molar-refractivity contribution in [3.8, 4) is 5.75 Å². The van der Waals surface area contributed by atoms with Crippen molar-refractivity contribution in [1.29, 1.82) is 0 Å². The number of sulfonamides is 1. The van der Waals surface area contributed by atoms with Crippen LogP contribution in [0.5, 0.6) is 5.75 Å². The second kappa shape index (κ2) is 9.11. The average molecular weight is 475 g/mol. The van der Waals surface area contributed by atoms with Gasteiger partial charge in [-0.05, 0) is 42.5 Å². The number of methoxy groups -OCH3 is 1. The van der Waals surface area contributed by atoms with Crippen LogP contribution in [0.25, 0.3) is 0 Å². The van der Waals surface area contributed by atoms with Crippen LogP contribution in [0, 0.1) is 0 Å². The predicted octanol–water partition coefficient (Wildman–Crippen LogP) is 4.29. The Morgan fingerprint density at radius 2 is 1.72 bits per heavy atom. The number of nitrogens with one attached hydrogen (secondary N) is 1. The van der Waals surface area contributed by atoms with E-state index in [4.69, 9.17) is 4.74 Å². The van der Waals surface area contributed by atoms with E-state index in [1.54, 1.807) is 66.7 Å². The molecule has 8 heteroatoms. The molecule has 0 unspecified atom stereocenters. The summed E-state index contributed by atoms with van der Waals surface area (Å²) in [5.41, 5.74) is 0.893. The molecule has 1 N–H and O–H groups in total. The zero-order chi connectivity index (χ0) is 20.9. The van der Waals surface area contributed by atoms with Crippen LogP contribution in [0.4, 0.5) is 11.4 Å². The standard InChI is InChI=1S/C21H19BrN2O4S/c1-28-19-10-6-8-17(14-19)23-21(25)15-24(18-9-5-7-16(22)13-18)29(26,27)20-11-3-2-4-12-20/h2-14H,15H2,1H3,(H,23,25). The summed E-state index contributed by atoms with van der Waals surface area (Å²) in [7, 11) is -2.41. The Balaban J connectivity index is 1.92. The number of rotatable bonds is 7. The maximum absolute atomic E-state index is 13.2. The molecule has 0 bridgehead atoms. The summed E-state index contributed by atoms with van der Waals surface area (Å²) in [5.74, 6) is 0.112. The van der Waals surface area contributed by atoms with Gasteiger partial charge in [-0.25, -0.2) is 8.42 Å². The Bertz CT molecular complexity index is 1100. The number of benzene rings is 3. The molecule has 0 saturated heterocycles. The molecule has 29 heavy (non-hydrogen) atoms. The van der Waals surface area contributed by atoms with Crippen molar-refractivity contribution >= 4 is 43.2 Å². The maximum Gasteiger partial charge on any atom is 0.264 e. The Morgan fingerprint density at radius 3 is 2.41 bits per heavy atom. The van der Waals surface area contributed by atoms with Crippen LogP contribution in [-0.4, -0.2) is 28.0 Å². The molecule has 6 nitrogen and oxygen atoms in total. The molecule has 1 amide bonds. The average Bonchev–Trinajstić information content (AvgIpc) is 2.72. The molecule has 150 valence electrons. The fraction of sp³-hybridized carbons (Fsp3) is 0.0952. The van der Waals surface area contributed by atoms with Crippen LogP contribution >= 0.6 is 15.9 Å². The van der Waals surface area contributed by atoms with E-state index in [0.717, 1.165) is 4.31 Å². The van der Waals surface area contributed by atoms with Crippen molar-refractivity contribution in [2.24, 2.45) is 0 Å². The van der Waals surface area contributed by atoms with Gasteiger partial charge < -0.3 is 10.1 Å². The number of halogens is 1. The first-order valence-electron chi connectivity index (χ1n) is 8.67. The Morgan fingerprint density at radius 1 is 1.00 bits per heavy atom. The minimum atomic E-state index is -3.94. The number of anilines is 2. The maximum atomic E-state index is 13.2. The number of hydrogen-bond donors (Lipinski definition) is 1. The minimum absolute atomic E-state index is 0.106. The van der Waals surface area contributed by atoms with Gasteiger partial charge in [-0.2, -0.15) is 0 Å². The lowest BCUT2D eigenvalue weighted by Gasteiger charge is -2.24. The molecule has 0 radical (unpaired) electrons. The van der Waals surface area contributed by atoms with Crippen LogP contribution in [0.1, 0.15) is 0 Å². The first-order chi connectivity index (χ1) is 13.9. The lowest BCUT2D eigenvalue weighted by atomic mass is 10.3. The molecule has 0 aliphatic heterocycles. The lowest BCUT2D eigenvalue weighted by molar-refractivity contribution is -0.114. The van der Waals surface area contributed by atoms with Gasteiger partial charge in [-0.3, -0.25) is 9.10 Å². The number of ether oxygens (including phenoxy) is 1. The van der Waals surface area contributed by atoms with Crippen LogP contribution in [-0.2, 0) is 14.8 Å². The smallest absolute Gasteiger partial charge is 0.264 e. The highest BCUT2D eigenvalue weighted by Crippen LogP contribution is 2.26. The van der Waals surface area contributed by atoms with Crippen molar-refractivity contribution < 1.29 is 17.9 Å². The van der Waals surface area contributed by atoms with Crippen LogP contribution in [0.15, 0.2) is 88.2 Å². The first kappa shape index (κ1) is 20.9. The Hall–Kier alpha value is -2.84. The van der Waals surface area contributed by atoms with Gasteiger partial charge in [0, 0.05) is 16.2 Å². The van der Waals surface area contributed by atoms with Crippen molar-refractivity contribution in [2.75, 3.05) is 23.3 Å². The van der Waals surface area contributed by atoms with Crippen molar-refractivity contribution in [2.45, 2.75) is 4.90 Å². The fourth-order valence-electron chi connectivity index (χ4n) is 2.70. The molecule has 3 aromatic rings. The van der Waals surface area contributed by atoms with Crippen LogP contribution in [0.2, 0.25) is 0 Å². The number of hydrogen-bond acceptors (Lipinski definition) is 4. The topological polar surface area (TPSA) is 75.7 Å². The summed E-state index contributed by atoms with van der Waals surface area (Å²) >= 11 is 3.35. The van der Waals surface area contributed by atoms with Crippen LogP contribution in [0.3, 0.4) is 0 Å². The number of amides is 1. The molecule has 0 atom stereocenters. The summed E-state index contributed by atoms with van der Waals surface area (Å²) in [6, 6.07) is 21.7. The molecule has 0 aliphatic rings. The third kappa shape index (κ3) is 5.16. The highest BCUT2D eigenvalue weighted by Gasteiger charge is 2.27. The van der Waals surface area contributed by atoms with E-state index in [1.165, 1.54) is 19.2 Å². The number of carbonyl (C=O) groups excluding carboxylic acids is 1. The molecule has 0 aromatic heterocycles. The number of carbonyl (C=O) groups is 1. The van der Waals surface area contributed by atoms with E-state index in [2.05, 4.69) is 21.2 Å². The molecule has 3 rings (SSSR count). The van der Waals surface area contributed by atoms with Gasteiger partial charge in [0.2, 0.25) is 5.91 Å². The number of nitrogens with zero attached hydrogens (tertiary/aromatic N) is 1. The molecule has 3 aromatic carbocycles. The van der Waals surface area contributed by atoms with E-state index in [0.29, 0.717) is 21.6 Å². The van der Waals surface area contributed by atoms with Crippen molar-refractivity contribution in [3.05, 3.63) is 83.3 Å². The van der Waals surface area contributed by atoms with Gasteiger partial charge in [0.1, 0.15) is 12.3 Å². The first-order valence-corrected chi connectivity index (χ1v) is 10.9. The summed E-state index contributed by atoms with van der Waals surface area (Å²) in [6.45, 7) is -0.384. The van der Waals surface area contributed by atoms with E-state index >= 15 is 0 Å². The predicted molar refractivity (Wildman–Crippen MR) is 117 cm³/mol. The summed E-state index contributed by atoms with van der Waals surface area (Å²) in [5, 5.41) is 2.72. The second-order valence-corrected chi connectivity index (χ2v) is 8.86. The minimum Gasteiger partial charge on any atom is -0.497 e. The largest absolute Gasteiger partial charge is 0.497 e. The lowest BCUT2D eigenvalue weighted by Crippen LogP contribution is -2.38. The quantitative estimate of drug-likeness (QED) is 0.553. The van der Waals surface area contributed by atoms with E-state index in [1.807, 2.05) is 0 Å². The van der Waals surface area contributed by atoms with Gasteiger partial charge >= 0.3 is 0 Å². The summed E-state index contributed by atoms with van der Waals surface area (Å²) in [6.07, 6.45) is 0. The van der Waals surface area contributed by atoms with E-state index < -0.39 is 15.9 Å². The highest BCUT2D eigenvalue weighted by molar-refractivity contribution is 9.10. The molecule has 0 saturated carbocycles. The zero-order valence-electron chi connectivity index (χ0n) is 15.6. The Kier molecular flexibility index (Phi) is 6.56. The summed E-state index contributed by atoms with van der Waals surface area (Å²) < 4.78 is 33.4. The molecule has 0 aliphatic carbocycles. The van der Waals surface area contributed by atoms with E-state index in [9.17, 15) is 13.2 Å².